The van der Waals surface area contributed by atoms with Crippen LogP contribution in [0.3, 0.4) is 0 Å². The largest absolute Gasteiger partial charge is 0.444 e. The number of nitrogens with one attached hydrogen (secondary N) is 1. The highest BCUT2D eigenvalue weighted by Gasteiger charge is 2.23. The maximum absolute atomic E-state index is 11.4. The van der Waals surface area contributed by atoms with E-state index in [0.717, 1.165) is 19.5 Å². The first-order valence-corrected chi connectivity index (χ1v) is 5.05. The molecule has 0 aromatic heterocycles. The van der Waals surface area contributed by atoms with E-state index in [1.165, 1.54) is 0 Å². The Morgan fingerprint density at radius 1 is 1.50 bits per heavy atom. The number of rotatable bonds is 1. The molecule has 0 aliphatic carbocycles. The van der Waals surface area contributed by atoms with Gasteiger partial charge in [0.25, 0.3) is 0 Å². The molecule has 1 saturated heterocycles. The van der Waals surface area contributed by atoms with Gasteiger partial charge in [0.15, 0.2) is 0 Å². The van der Waals surface area contributed by atoms with E-state index in [1.54, 1.807) is 0 Å². The lowest BCUT2D eigenvalue weighted by atomic mass is 10.2. The highest BCUT2D eigenvalue weighted by atomic mass is 16.6. The molecule has 1 fully saturated rings. The molecule has 1 heterocycles. The third kappa shape index (κ3) is 3.96. The van der Waals surface area contributed by atoms with Crippen LogP contribution in [-0.4, -0.2) is 42.8 Å². The molecule has 1 aliphatic heterocycles. The van der Waals surface area contributed by atoms with Crippen molar-refractivity contribution < 1.29 is 9.53 Å². The van der Waals surface area contributed by atoms with E-state index in [0.29, 0.717) is 0 Å². The maximum atomic E-state index is 11.4. The van der Waals surface area contributed by atoms with Gasteiger partial charge in [-0.1, -0.05) is 0 Å². The van der Waals surface area contributed by atoms with Gasteiger partial charge < -0.3 is 15.0 Å². The second-order valence-electron chi connectivity index (χ2n) is 4.89. The number of carbonyl (C=O) groups excluding carboxylic acids is 1. The molecule has 0 spiro atoms. The highest BCUT2D eigenvalue weighted by molar-refractivity contribution is 5.68. The summed E-state index contributed by atoms with van der Waals surface area (Å²) in [6, 6.07) is 0.245. The standard InChI is InChI=1S/C10H20N2O2/c1-10(2,3)14-9(13)11-8-5-6-12(4)7-8/h8H,5-7H2,1-4H3,(H,11,13)/t8-/m1/s1. The van der Waals surface area contributed by atoms with Crippen LogP contribution in [-0.2, 0) is 4.74 Å². The Morgan fingerprint density at radius 3 is 2.57 bits per heavy atom. The van der Waals surface area contributed by atoms with E-state index in [-0.39, 0.29) is 12.1 Å². The highest BCUT2D eigenvalue weighted by Crippen LogP contribution is 2.09. The minimum Gasteiger partial charge on any atom is -0.444 e. The van der Waals surface area contributed by atoms with Gasteiger partial charge in [-0.05, 0) is 40.8 Å². The average Bonchev–Trinajstić information content (AvgIpc) is 2.30. The summed E-state index contributed by atoms with van der Waals surface area (Å²) in [4.78, 5) is 13.6. The second-order valence-corrected chi connectivity index (χ2v) is 4.89. The van der Waals surface area contributed by atoms with Crippen molar-refractivity contribution in [3.05, 3.63) is 0 Å². The molecule has 0 radical (unpaired) electrons. The molecule has 1 N–H and O–H groups in total. The number of amides is 1. The zero-order valence-corrected chi connectivity index (χ0v) is 9.46. The lowest BCUT2D eigenvalue weighted by Crippen LogP contribution is -2.40. The predicted molar refractivity (Wildman–Crippen MR) is 55.3 cm³/mol. The molecule has 0 unspecified atom stereocenters. The van der Waals surface area contributed by atoms with Crippen molar-refractivity contribution in [1.29, 1.82) is 0 Å². The molecule has 82 valence electrons. The predicted octanol–water partition coefficient (Wildman–Crippen LogP) is 1.22. The first-order valence-electron chi connectivity index (χ1n) is 5.05. The molecule has 1 rings (SSSR count). The lowest BCUT2D eigenvalue weighted by molar-refractivity contribution is 0.0506. The number of hydrogen-bond donors (Lipinski definition) is 1. The van der Waals surface area contributed by atoms with Crippen LogP contribution in [0.2, 0.25) is 0 Å². The van der Waals surface area contributed by atoms with E-state index in [1.807, 2.05) is 20.8 Å². The molecular weight excluding hydrogens is 180 g/mol. The van der Waals surface area contributed by atoms with Gasteiger partial charge in [0.1, 0.15) is 5.60 Å². The number of likely N-dealkylation sites (tertiary alicyclic amines) is 1. The summed E-state index contributed by atoms with van der Waals surface area (Å²) in [5.41, 5.74) is -0.408. The van der Waals surface area contributed by atoms with Crippen LogP contribution in [0.15, 0.2) is 0 Å². The number of alkyl carbamates (subject to hydrolysis) is 1. The van der Waals surface area contributed by atoms with Crippen molar-refractivity contribution >= 4 is 6.09 Å². The zero-order chi connectivity index (χ0) is 10.8. The summed E-state index contributed by atoms with van der Waals surface area (Å²) in [7, 11) is 2.05. The van der Waals surface area contributed by atoms with Crippen molar-refractivity contribution in [3.8, 4) is 0 Å². The van der Waals surface area contributed by atoms with Crippen LogP contribution < -0.4 is 5.32 Å². The lowest BCUT2D eigenvalue weighted by Gasteiger charge is -2.21. The van der Waals surface area contributed by atoms with Crippen molar-refractivity contribution in [2.24, 2.45) is 0 Å². The molecule has 4 heteroatoms. The van der Waals surface area contributed by atoms with Gasteiger partial charge in [-0.15, -0.1) is 0 Å². The number of nitrogens with zero attached hydrogens (tertiary/aromatic N) is 1. The van der Waals surface area contributed by atoms with Crippen molar-refractivity contribution in [1.82, 2.24) is 10.2 Å². The number of likely N-dealkylation sites (N-methyl/N-ethyl adjacent to an activating group) is 1. The van der Waals surface area contributed by atoms with Gasteiger partial charge in [-0.25, -0.2) is 4.79 Å². The molecule has 4 nitrogen and oxygen atoms in total. The van der Waals surface area contributed by atoms with E-state index < -0.39 is 5.60 Å². The van der Waals surface area contributed by atoms with Gasteiger partial charge in [0.05, 0.1) is 0 Å². The minimum atomic E-state index is -0.408. The quantitative estimate of drug-likeness (QED) is 0.692. The van der Waals surface area contributed by atoms with E-state index >= 15 is 0 Å². The molecule has 14 heavy (non-hydrogen) atoms. The van der Waals surface area contributed by atoms with Crippen LogP contribution in [0.25, 0.3) is 0 Å². The van der Waals surface area contributed by atoms with Crippen LogP contribution in [0.4, 0.5) is 4.79 Å². The summed E-state index contributed by atoms with van der Waals surface area (Å²) in [5.74, 6) is 0. The molecule has 0 aromatic rings. The van der Waals surface area contributed by atoms with Crippen LogP contribution in [0.5, 0.6) is 0 Å². The topological polar surface area (TPSA) is 41.6 Å². The summed E-state index contributed by atoms with van der Waals surface area (Å²) < 4.78 is 5.17. The van der Waals surface area contributed by atoms with Gasteiger partial charge in [0, 0.05) is 12.6 Å². The first-order chi connectivity index (χ1) is 6.37. The third-order valence-electron chi connectivity index (χ3n) is 2.11. The van der Waals surface area contributed by atoms with Gasteiger partial charge in [-0.2, -0.15) is 0 Å². The smallest absolute Gasteiger partial charge is 0.407 e. The Kier molecular flexibility index (Phi) is 3.37. The van der Waals surface area contributed by atoms with Crippen LogP contribution in [0, 0.1) is 0 Å². The molecule has 1 atom stereocenters. The monoisotopic (exact) mass is 200 g/mol. The molecule has 1 aliphatic rings. The molecule has 0 saturated carbocycles. The molecular formula is C10H20N2O2. The SMILES string of the molecule is CN1CC[C@@H](NC(=O)OC(C)(C)C)C1. The van der Waals surface area contributed by atoms with Crippen molar-refractivity contribution in [3.63, 3.8) is 0 Å². The Labute approximate surface area is 85.6 Å². The number of carbonyl (C=O) groups is 1. The fraction of sp³-hybridized carbons (Fsp3) is 0.900. The van der Waals surface area contributed by atoms with Gasteiger partial charge >= 0.3 is 6.09 Å². The van der Waals surface area contributed by atoms with E-state index in [4.69, 9.17) is 4.74 Å². The van der Waals surface area contributed by atoms with Crippen molar-refractivity contribution in [2.45, 2.75) is 38.8 Å². The zero-order valence-electron chi connectivity index (χ0n) is 9.46. The second kappa shape index (κ2) is 4.17. The minimum absolute atomic E-state index is 0.245. The summed E-state index contributed by atoms with van der Waals surface area (Å²) in [6.45, 7) is 7.56. The molecule has 0 bridgehead atoms. The van der Waals surface area contributed by atoms with E-state index in [2.05, 4.69) is 17.3 Å². The van der Waals surface area contributed by atoms with Gasteiger partial charge in [-0.3, -0.25) is 0 Å². The van der Waals surface area contributed by atoms with E-state index in [9.17, 15) is 4.79 Å². The third-order valence-corrected chi connectivity index (χ3v) is 2.11. The molecule has 0 aromatic carbocycles. The van der Waals surface area contributed by atoms with Gasteiger partial charge in [0.2, 0.25) is 0 Å². The Bertz CT molecular complexity index is 211. The summed E-state index contributed by atoms with van der Waals surface area (Å²) in [6.07, 6.45) is 0.702. The number of ether oxygens (including phenoxy) is 1. The Morgan fingerprint density at radius 2 is 2.14 bits per heavy atom. The Balaban J connectivity index is 2.27. The fourth-order valence-corrected chi connectivity index (χ4v) is 1.53. The Hall–Kier alpha value is -0.770. The van der Waals surface area contributed by atoms with Crippen molar-refractivity contribution in [2.75, 3.05) is 20.1 Å². The molecule has 1 amide bonds. The first kappa shape index (κ1) is 11.3. The summed E-state index contributed by atoms with van der Waals surface area (Å²) >= 11 is 0. The number of hydrogen-bond acceptors (Lipinski definition) is 3. The average molecular weight is 200 g/mol. The normalized spacial score (nSPS) is 23.6. The maximum Gasteiger partial charge on any atom is 0.407 e. The van der Waals surface area contributed by atoms with Crippen LogP contribution >= 0.6 is 0 Å². The summed E-state index contributed by atoms with van der Waals surface area (Å²) in [5, 5.41) is 2.86. The fourth-order valence-electron chi connectivity index (χ4n) is 1.53. The van der Waals surface area contributed by atoms with Crippen LogP contribution in [0.1, 0.15) is 27.2 Å².